The second kappa shape index (κ2) is 10.4. The predicted octanol–water partition coefficient (Wildman–Crippen LogP) is 12.6. The maximum atomic E-state index is 6.74. The van der Waals surface area contributed by atoms with Gasteiger partial charge in [-0.2, -0.15) is 0 Å². The number of benzene rings is 8. The molecule has 0 aliphatic rings. The Labute approximate surface area is 261 Å². The smallest absolute Gasteiger partial charge is 0.143 e. The van der Waals surface area contributed by atoms with Gasteiger partial charge in [0.1, 0.15) is 11.3 Å². The number of furan rings is 1. The Morgan fingerprint density at radius 1 is 0.311 bits per heavy atom. The largest absolute Gasteiger partial charge is 0.455 e. The Hall–Kier alpha value is -5.92. The summed E-state index contributed by atoms with van der Waals surface area (Å²) in [5.74, 6) is 0.895. The molecule has 0 aliphatic carbocycles. The van der Waals surface area contributed by atoms with Gasteiger partial charge in [0.15, 0.2) is 0 Å². The van der Waals surface area contributed by atoms with Crippen LogP contribution in [0.25, 0.3) is 88.0 Å². The van der Waals surface area contributed by atoms with Crippen LogP contribution in [0, 0.1) is 0 Å². The summed E-state index contributed by atoms with van der Waals surface area (Å²) in [5, 5.41) is 8.52. The normalized spacial score (nSPS) is 11.6. The first-order chi connectivity index (χ1) is 22.3. The van der Waals surface area contributed by atoms with Crippen LogP contribution in [-0.4, -0.2) is 0 Å². The van der Waals surface area contributed by atoms with Gasteiger partial charge >= 0.3 is 0 Å². The van der Waals surface area contributed by atoms with Crippen LogP contribution < -0.4 is 0 Å². The van der Waals surface area contributed by atoms with Gasteiger partial charge in [-0.25, -0.2) is 0 Å². The van der Waals surface area contributed by atoms with Crippen LogP contribution in [-0.2, 0) is 0 Å². The molecule has 0 spiro atoms. The standard InChI is InChI=1S/C44H28O/c1-4-15-30(16-5-1)40-35-22-12-13-23-36(35)41(31-17-6-2-7-18-31)38-28-33(24-26-37(38)40)42-43-34-21-11-10-14-29(34)25-27-39(43)45-44(42)32-19-8-3-9-20-32/h1-28H. The van der Waals surface area contributed by atoms with Crippen LogP contribution in [0.2, 0.25) is 0 Å². The van der Waals surface area contributed by atoms with Crippen LogP contribution in [0.5, 0.6) is 0 Å². The topological polar surface area (TPSA) is 13.1 Å². The monoisotopic (exact) mass is 572 g/mol. The van der Waals surface area contributed by atoms with Crippen LogP contribution >= 0.6 is 0 Å². The van der Waals surface area contributed by atoms with Gasteiger partial charge in [-0.3, -0.25) is 0 Å². The van der Waals surface area contributed by atoms with E-state index in [-0.39, 0.29) is 0 Å². The van der Waals surface area contributed by atoms with Crippen molar-refractivity contribution in [1.82, 2.24) is 0 Å². The van der Waals surface area contributed by atoms with Crippen LogP contribution in [0.15, 0.2) is 174 Å². The van der Waals surface area contributed by atoms with Crippen molar-refractivity contribution in [2.75, 3.05) is 0 Å². The van der Waals surface area contributed by atoms with Gasteiger partial charge in [0.05, 0.1) is 0 Å². The Morgan fingerprint density at radius 3 is 1.47 bits per heavy atom. The van der Waals surface area contributed by atoms with E-state index in [1.165, 1.54) is 54.6 Å². The van der Waals surface area contributed by atoms with Gasteiger partial charge in [0, 0.05) is 16.5 Å². The van der Waals surface area contributed by atoms with E-state index >= 15 is 0 Å². The number of hydrogen-bond acceptors (Lipinski definition) is 1. The van der Waals surface area contributed by atoms with Crippen LogP contribution in [0.4, 0.5) is 0 Å². The third-order valence-electron chi connectivity index (χ3n) is 9.05. The third-order valence-corrected chi connectivity index (χ3v) is 9.05. The molecule has 0 amide bonds. The summed E-state index contributed by atoms with van der Waals surface area (Å²) in [6, 6.07) is 60.8. The van der Waals surface area contributed by atoms with E-state index in [9.17, 15) is 0 Å². The molecule has 45 heavy (non-hydrogen) atoms. The van der Waals surface area contributed by atoms with Crippen molar-refractivity contribution >= 4 is 43.3 Å². The summed E-state index contributed by atoms with van der Waals surface area (Å²) < 4.78 is 6.74. The summed E-state index contributed by atoms with van der Waals surface area (Å²) in [7, 11) is 0. The zero-order valence-electron chi connectivity index (χ0n) is 24.6. The highest BCUT2D eigenvalue weighted by Gasteiger charge is 2.22. The Kier molecular flexibility index (Phi) is 5.89. The highest BCUT2D eigenvalue weighted by atomic mass is 16.3. The van der Waals surface area contributed by atoms with Crippen molar-refractivity contribution in [1.29, 1.82) is 0 Å². The lowest BCUT2D eigenvalue weighted by Gasteiger charge is -2.19. The first kappa shape index (κ1) is 25.6. The van der Waals surface area contributed by atoms with Gasteiger partial charge in [-0.1, -0.05) is 158 Å². The molecule has 8 aromatic carbocycles. The quantitative estimate of drug-likeness (QED) is 0.191. The summed E-state index contributed by atoms with van der Waals surface area (Å²) in [5.41, 5.74) is 9.18. The molecule has 210 valence electrons. The second-order valence-corrected chi connectivity index (χ2v) is 11.6. The predicted molar refractivity (Wildman–Crippen MR) is 190 cm³/mol. The SMILES string of the molecule is c1ccc(-c2oc3ccc4ccccc4c3c2-c2ccc3c(-c4ccccc4)c4ccccc4c(-c4ccccc4)c3c2)cc1. The lowest BCUT2D eigenvalue weighted by atomic mass is 9.84. The molecule has 1 aromatic heterocycles. The molecular formula is C44H28O. The van der Waals surface area contributed by atoms with Crippen molar-refractivity contribution in [3.8, 4) is 44.7 Å². The Bertz CT molecular complexity index is 2510. The molecular weight excluding hydrogens is 544 g/mol. The fourth-order valence-electron chi connectivity index (χ4n) is 7.10. The summed E-state index contributed by atoms with van der Waals surface area (Å²) in [6.45, 7) is 0. The Morgan fingerprint density at radius 2 is 0.822 bits per heavy atom. The molecule has 0 N–H and O–H groups in total. The Balaban J connectivity index is 1.45. The lowest BCUT2D eigenvalue weighted by molar-refractivity contribution is 0.632. The first-order valence-electron chi connectivity index (χ1n) is 15.4. The zero-order chi connectivity index (χ0) is 29.7. The molecule has 0 unspecified atom stereocenters. The number of rotatable bonds is 4. The van der Waals surface area contributed by atoms with Gasteiger partial charge < -0.3 is 4.42 Å². The van der Waals surface area contributed by atoms with Crippen LogP contribution in [0.1, 0.15) is 0 Å². The fraction of sp³-hybridized carbons (Fsp3) is 0. The highest BCUT2D eigenvalue weighted by Crippen LogP contribution is 2.48. The average molecular weight is 573 g/mol. The molecule has 9 rings (SSSR count). The highest BCUT2D eigenvalue weighted by molar-refractivity contribution is 6.23. The molecule has 0 fully saturated rings. The molecule has 0 bridgehead atoms. The van der Waals surface area contributed by atoms with E-state index in [4.69, 9.17) is 4.42 Å². The summed E-state index contributed by atoms with van der Waals surface area (Å²) >= 11 is 0. The van der Waals surface area contributed by atoms with E-state index in [1.54, 1.807) is 0 Å². The second-order valence-electron chi connectivity index (χ2n) is 11.6. The average Bonchev–Trinajstić information content (AvgIpc) is 3.52. The molecule has 1 nitrogen and oxygen atoms in total. The van der Waals surface area contributed by atoms with Crippen molar-refractivity contribution in [3.63, 3.8) is 0 Å². The van der Waals surface area contributed by atoms with Gasteiger partial charge in [-0.15, -0.1) is 0 Å². The minimum atomic E-state index is 0.895. The van der Waals surface area contributed by atoms with E-state index < -0.39 is 0 Å². The number of fused-ring (bicyclic) bond motifs is 5. The minimum absolute atomic E-state index is 0.895. The van der Waals surface area contributed by atoms with Gasteiger partial charge in [0.25, 0.3) is 0 Å². The van der Waals surface area contributed by atoms with Crippen molar-refractivity contribution < 1.29 is 4.42 Å². The van der Waals surface area contributed by atoms with Crippen molar-refractivity contribution in [3.05, 3.63) is 170 Å². The van der Waals surface area contributed by atoms with Crippen LogP contribution in [0.3, 0.4) is 0 Å². The summed E-state index contributed by atoms with van der Waals surface area (Å²) in [4.78, 5) is 0. The first-order valence-corrected chi connectivity index (χ1v) is 15.4. The lowest BCUT2D eigenvalue weighted by Crippen LogP contribution is -1.92. The fourth-order valence-corrected chi connectivity index (χ4v) is 7.10. The molecule has 0 atom stereocenters. The van der Waals surface area contributed by atoms with E-state index in [0.717, 1.165) is 33.4 Å². The maximum Gasteiger partial charge on any atom is 0.143 e. The zero-order valence-corrected chi connectivity index (χ0v) is 24.6. The molecule has 0 saturated heterocycles. The van der Waals surface area contributed by atoms with Crippen molar-refractivity contribution in [2.24, 2.45) is 0 Å². The maximum absolute atomic E-state index is 6.74. The number of hydrogen-bond donors (Lipinski definition) is 0. The van der Waals surface area contributed by atoms with Gasteiger partial charge in [-0.05, 0) is 72.3 Å². The molecule has 0 radical (unpaired) electrons. The minimum Gasteiger partial charge on any atom is -0.455 e. The van der Waals surface area contributed by atoms with E-state index in [0.29, 0.717) is 0 Å². The van der Waals surface area contributed by atoms with Gasteiger partial charge in [0.2, 0.25) is 0 Å². The third kappa shape index (κ3) is 4.09. The van der Waals surface area contributed by atoms with E-state index in [2.05, 4.69) is 170 Å². The molecule has 9 aromatic rings. The summed E-state index contributed by atoms with van der Waals surface area (Å²) in [6.07, 6.45) is 0. The molecule has 1 heteroatoms. The molecule has 0 aliphatic heterocycles. The molecule has 0 saturated carbocycles. The van der Waals surface area contributed by atoms with E-state index in [1.807, 2.05) is 0 Å². The van der Waals surface area contributed by atoms with Crippen molar-refractivity contribution in [2.45, 2.75) is 0 Å². The molecule has 1 heterocycles.